The summed E-state index contributed by atoms with van der Waals surface area (Å²) in [7, 11) is 0. The van der Waals surface area contributed by atoms with Crippen LogP contribution in [0.2, 0.25) is 0 Å². The summed E-state index contributed by atoms with van der Waals surface area (Å²) in [5.41, 5.74) is 1.65. The molecule has 2 aromatic rings. The molecule has 0 bridgehead atoms. The van der Waals surface area contributed by atoms with Crippen molar-refractivity contribution in [1.82, 2.24) is 4.90 Å². The molecular weight excluding hydrogens is 341 g/mol. The van der Waals surface area contributed by atoms with Gasteiger partial charge in [0.05, 0.1) is 5.41 Å². The predicted octanol–water partition coefficient (Wildman–Crippen LogP) is 4.84. The quantitative estimate of drug-likeness (QED) is 0.674. The Morgan fingerprint density at radius 1 is 1.00 bits per heavy atom. The Morgan fingerprint density at radius 3 is 2.00 bits per heavy atom. The van der Waals surface area contributed by atoms with Crippen LogP contribution in [0, 0.1) is 5.41 Å². The second-order valence-electron chi connectivity index (χ2n) is 6.66. The molecule has 1 aliphatic carbocycles. The summed E-state index contributed by atoms with van der Waals surface area (Å²) >= 11 is 12.5. The second kappa shape index (κ2) is 6.78. The number of halogens is 2. The number of carbonyl (C=O) groups is 1. The Kier molecular flexibility index (Phi) is 4.89. The molecule has 0 aromatic heterocycles. The molecule has 2 nitrogen and oxygen atoms in total. The monoisotopic (exact) mass is 361 g/mol. The van der Waals surface area contributed by atoms with Gasteiger partial charge in [0.2, 0.25) is 5.91 Å². The van der Waals surface area contributed by atoms with Crippen LogP contribution in [0.1, 0.15) is 24.5 Å². The maximum Gasteiger partial charge on any atom is 0.231 e. The molecular formula is C20H21Cl2NO. The van der Waals surface area contributed by atoms with E-state index in [2.05, 4.69) is 12.1 Å². The van der Waals surface area contributed by atoms with Gasteiger partial charge in [-0.05, 0) is 30.9 Å². The molecule has 0 aliphatic heterocycles. The predicted molar refractivity (Wildman–Crippen MR) is 99.2 cm³/mol. The topological polar surface area (TPSA) is 20.3 Å². The Bertz CT molecular complexity index is 702. The normalized spacial score (nSPS) is 21.3. The molecule has 1 fully saturated rings. The van der Waals surface area contributed by atoms with Crippen molar-refractivity contribution in [2.75, 3.05) is 6.54 Å². The third-order valence-electron chi connectivity index (χ3n) is 4.75. The molecule has 1 unspecified atom stereocenters. The Morgan fingerprint density at radius 2 is 1.50 bits per heavy atom. The van der Waals surface area contributed by atoms with Crippen LogP contribution in [-0.4, -0.2) is 21.7 Å². The minimum atomic E-state index is -0.939. The highest BCUT2D eigenvalue weighted by molar-refractivity contribution is 6.53. The first-order valence-electron chi connectivity index (χ1n) is 8.17. The van der Waals surface area contributed by atoms with Crippen LogP contribution < -0.4 is 0 Å². The first-order chi connectivity index (χ1) is 11.4. The van der Waals surface area contributed by atoms with Crippen molar-refractivity contribution in [2.45, 2.75) is 30.6 Å². The smallest absolute Gasteiger partial charge is 0.231 e. The molecule has 126 valence electrons. The Labute approximate surface area is 153 Å². The van der Waals surface area contributed by atoms with Gasteiger partial charge in [-0.2, -0.15) is 0 Å². The summed E-state index contributed by atoms with van der Waals surface area (Å²) in [5.74, 6) is 0.0345. The molecule has 1 atom stereocenters. The van der Waals surface area contributed by atoms with Gasteiger partial charge in [-0.1, -0.05) is 60.7 Å². The molecule has 4 heteroatoms. The van der Waals surface area contributed by atoms with E-state index >= 15 is 0 Å². The summed E-state index contributed by atoms with van der Waals surface area (Å²) in [6, 6.07) is 20.2. The summed E-state index contributed by atoms with van der Waals surface area (Å²) in [5, 5.41) is 0. The fourth-order valence-corrected chi connectivity index (χ4v) is 3.64. The standard InChI is InChI=1S/C20H21Cl2NO/c1-19(15-20(19,21)22)18(24)23(14-17-10-6-3-7-11-17)13-12-16-8-4-2-5-9-16/h2-11H,12-15H2,1H3. The molecule has 0 N–H and O–H groups in total. The fraction of sp³-hybridized carbons (Fsp3) is 0.350. The van der Waals surface area contributed by atoms with Gasteiger partial charge in [-0.25, -0.2) is 0 Å². The molecule has 1 aliphatic rings. The van der Waals surface area contributed by atoms with Gasteiger partial charge in [-0.15, -0.1) is 23.2 Å². The number of rotatable bonds is 6. The molecule has 2 aromatic carbocycles. The average Bonchev–Trinajstić information content (AvgIpc) is 3.12. The van der Waals surface area contributed by atoms with Gasteiger partial charge >= 0.3 is 0 Å². The lowest BCUT2D eigenvalue weighted by atomic mass is 10.1. The fourth-order valence-electron chi connectivity index (χ4n) is 2.95. The van der Waals surface area contributed by atoms with Crippen molar-refractivity contribution in [3.8, 4) is 0 Å². The first-order valence-corrected chi connectivity index (χ1v) is 8.93. The number of carbonyl (C=O) groups excluding carboxylic acids is 1. The lowest BCUT2D eigenvalue weighted by Gasteiger charge is -2.27. The number of hydrogen-bond donors (Lipinski definition) is 0. The Balaban J connectivity index is 1.75. The summed E-state index contributed by atoms with van der Waals surface area (Å²) in [4.78, 5) is 14.9. The zero-order valence-corrected chi connectivity index (χ0v) is 15.2. The third-order valence-corrected chi connectivity index (χ3v) is 5.85. The number of alkyl halides is 2. The van der Waals surface area contributed by atoms with E-state index in [-0.39, 0.29) is 5.91 Å². The maximum atomic E-state index is 13.0. The molecule has 3 rings (SSSR count). The zero-order valence-electron chi connectivity index (χ0n) is 13.7. The molecule has 0 saturated heterocycles. The van der Waals surface area contributed by atoms with Gasteiger partial charge in [0, 0.05) is 13.1 Å². The highest BCUT2D eigenvalue weighted by Crippen LogP contribution is 2.64. The average molecular weight is 362 g/mol. The van der Waals surface area contributed by atoms with Crippen LogP contribution in [0.5, 0.6) is 0 Å². The van der Waals surface area contributed by atoms with Crippen LogP contribution >= 0.6 is 23.2 Å². The SMILES string of the molecule is CC1(C(=O)N(CCc2ccccc2)Cc2ccccc2)CC1(Cl)Cl. The molecule has 0 heterocycles. The summed E-state index contributed by atoms with van der Waals surface area (Å²) in [6.45, 7) is 3.08. The van der Waals surface area contributed by atoms with E-state index in [9.17, 15) is 4.79 Å². The number of nitrogens with zero attached hydrogens (tertiary/aromatic N) is 1. The Hall–Kier alpha value is -1.51. The van der Waals surface area contributed by atoms with Crippen molar-refractivity contribution in [2.24, 2.45) is 5.41 Å². The molecule has 24 heavy (non-hydrogen) atoms. The summed E-state index contributed by atoms with van der Waals surface area (Å²) < 4.78 is -0.939. The largest absolute Gasteiger partial charge is 0.337 e. The number of hydrogen-bond acceptors (Lipinski definition) is 1. The van der Waals surface area contributed by atoms with Gasteiger partial charge in [0.15, 0.2) is 0 Å². The minimum absolute atomic E-state index is 0.0345. The molecule has 1 saturated carbocycles. The van der Waals surface area contributed by atoms with Crippen molar-refractivity contribution in [3.05, 3.63) is 71.8 Å². The third kappa shape index (κ3) is 3.60. The summed E-state index contributed by atoms with van der Waals surface area (Å²) in [6.07, 6.45) is 1.33. The zero-order chi connectivity index (χ0) is 17.2. The van der Waals surface area contributed by atoms with Gasteiger partial charge in [0.1, 0.15) is 4.33 Å². The maximum absolute atomic E-state index is 13.0. The van der Waals surface area contributed by atoms with Crippen LogP contribution in [0.15, 0.2) is 60.7 Å². The van der Waals surface area contributed by atoms with Crippen LogP contribution in [0.25, 0.3) is 0 Å². The van der Waals surface area contributed by atoms with Gasteiger partial charge < -0.3 is 4.90 Å². The van der Waals surface area contributed by atoms with E-state index in [4.69, 9.17) is 23.2 Å². The van der Waals surface area contributed by atoms with E-state index in [0.717, 1.165) is 12.0 Å². The molecule has 1 amide bonds. The number of amides is 1. The van der Waals surface area contributed by atoms with Crippen LogP contribution in [-0.2, 0) is 17.8 Å². The van der Waals surface area contributed by atoms with Crippen molar-refractivity contribution in [3.63, 3.8) is 0 Å². The van der Waals surface area contributed by atoms with Crippen molar-refractivity contribution in [1.29, 1.82) is 0 Å². The van der Waals surface area contributed by atoms with E-state index in [1.807, 2.05) is 60.4 Å². The highest BCUT2D eigenvalue weighted by atomic mass is 35.5. The minimum Gasteiger partial charge on any atom is -0.337 e. The number of benzene rings is 2. The van der Waals surface area contributed by atoms with Gasteiger partial charge in [-0.3, -0.25) is 4.79 Å². The molecule has 0 radical (unpaired) electrons. The van der Waals surface area contributed by atoms with Crippen molar-refractivity contribution < 1.29 is 4.79 Å². The van der Waals surface area contributed by atoms with Crippen LogP contribution in [0.3, 0.4) is 0 Å². The highest BCUT2D eigenvalue weighted by Gasteiger charge is 2.68. The van der Waals surface area contributed by atoms with Crippen molar-refractivity contribution >= 4 is 29.1 Å². The van der Waals surface area contributed by atoms with E-state index < -0.39 is 9.75 Å². The van der Waals surface area contributed by atoms with E-state index in [1.54, 1.807) is 0 Å². The van der Waals surface area contributed by atoms with E-state index in [0.29, 0.717) is 19.5 Å². The van der Waals surface area contributed by atoms with Gasteiger partial charge in [0.25, 0.3) is 0 Å². The lowest BCUT2D eigenvalue weighted by Crippen LogP contribution is -2.39. The molecule has 0 spiro atoms. The van der Waals surface area contributed by atoms with E-state index in [1.165, 1.54) is 5.56 Å². The lowest BCUT2D eigenvalue weighted by molar-refractivity contribution is -0.137. The second-order valence-corrected chi connectivity index (χ2v) is 8.15. The first kappa shape index (κ1) is 17.3. The van der Waals surface area contributed by atoms with Crippen LogP contribution in [0.4, 0.5) is 0 Å².